The standard InChI is InChI=1S/C28H27F2N5O3/c1-32-18-25(36)34-24(35(32)28(38)31-15-19-7-11-22(29)12-8-19)17-33(16-20-9-13-23(30)14-10-20)27(37)26(34)21-5-3-2-4-6-21/h2-14,24,26H,15-18H2,1H3,(H,31,38)/t24?,26-/m0/s1. The maximum absolute atomic E-state index is 13.8. The first kappa shape index (κ1) is 25.3. The van der Waals surface area contributed by atoms with E-state index in [-0.39, 0.29) is 49.6 Å². The minimum absolute atomic E-state index is 0.0690. The molecule has 0 bridgehead atoms. The lowest BCUT2D eigenvalue weighted by molar-refractivity contribution is -0.188. The van der Waals surface area contributed by atoms with Crippen LogP contribution in [0, 0.1) is 11.6 Å². The van der Waals surface area contributed by atoms with Gasteiger partial charge in [0.2, 0.25) is 5.91 Å². The summed E-state index contributed by atoms with van der Waals surface area (Å²) in [4.78, 5) is 43.6. The molecule has 3 aromatic carbocycles. The minimum atomic E-state index is -0.927. The first-order valence-electron chi connectivity index (χ1n) is 12.2. The maximum Gasteiger partial charge on any atom is 0.334 e. The molecule has 10 heteroatoms. The van der Waals surface area contributed by atoms with E-state index in [1.165, 1.54) is 39.2 Å². The fourth-order valence-corrected chi connectivity index (χ4v) is 4.97. The lowest BCUT2D eigenvalue weighted by Crippen LogP contribution is -2.73. The van der Waals surface area contributed by atoms with Gasteiger partial charge in [0, 0.05) is 20.1 Å². The van der Waals surface area contributed by atoms with Crippen LogP contribution in [0.4, 0.5) is 13.6 Å². The summed E-state index contributed by atoms with van der Waals surface area (Å²) in [6, 6.07) is 19.3. The van der Waals surface area contributed by atoms with Crippen molar-refractivity contribution < 1.29 is 23.2 Å². The van der Waals surface area contributed by atoms with Gasteiger partial charge in [-0.1, -0.05) is 54.6 Å². The molecular weight excluding hydrogens is 492 g/mol. The summed E-state index contributed by atoms with van der Waals surface area (Å²) in [5, 5.41) is 5.83. The molecule has 1 unspecified atom stereocenters. The van der Waals surface area contributed by atoms with Crippen LogP contribution < -0.4 is 5.32 Å². The number of benzene rings is 3. The Morgan fingerprint density at radius 3 is 2.13 bits per heavy atom. The van der Waals surface area contributed by atoms with Gasteiger partial charge in [-0.2, -0.15) is 0 Å². The fourth-order valence-electron chi connectivity index (χ4n) is 4.97. The molecule has 0 spiro atoms. The first-order valence-corrected chi connectivity index (χ1v) is 12.2. The molecular formula is C28H27F2N5O3. The smallest absolute Gasteiger partial charge is 0.333 e. The number of rotatable bonds is 5. The summed E-state index contributed by atoms with van der Waals surface area (Å²) in [6.45, 7) is 0.328. The van der Waals surface area contributed by atoms with E-state index in [9.17, 15) is 23.2 Å². The highest BCUT2D eigenvalue weighted by Gasteiger charge is 2.51. The summed E-state index contributed by atoms with van der Waals surface area (Å²) in [5.41, 5.74) is 2.07. The van der Waals surface area contributed by atoms with Gasteiger partial charge in [0.05, 0.1) is 13.1 Å². The topological polar surface area (TPSA) is 76.2 Å². The van der Waals surface area contributed by atoms with Crippen molar-refractivity contribution >= 4 is 17.8 Å². The van der Waals surface area contributed by atoms with E-state index in [0.717, 1.165) is 5.56 Å². The zero-order chi connectivity index (χ0) is 26.8. The van der Waals surface area contributed by atoms with Crippen molar-refractivity contribution in [1.82, 2.24) is 25.1 Å². The number of nitrogens with zero attached hydrogens (tertiary/aromatic N) is 4. The third-order valence-corrected chi connectivity index (χ3v) is 6.80. The first-order chi connectivity index (χ1) is 18.3. The van der Waals surface area contributed by atoms with Crippen molar-refractivity contribution in [3.05, 3.63) is 107 Å². The number of urea groups is 1. The van der Waals surface area contributed by atoms with Gasteiger partial charge in [-0.15, -0.1) is 0 Å². The number of likely N-dealkylation sites (N-methyl/N-ethyl adjacent to an activating group) is 1. The Morgan fingerprint density at radius 1 is 0.895 bits per heavy atom. The molecule has 0 aliphatic carbocycles. The molecule has 0 aromatic heterocycles. The number of fused-ring (bicyclic) bond motifs is 1. The van der Waals surface area contributed by atoms with E-state index in [4.69, 9.17) is 0 Å². The second kappa shape index (κ2) is 10.6. The van der Waals surface area contributed by atoms with E-state index in [0.29, 0.717) is 11.1 Å². The summed E-state index contributed by atoms with van der Waals surface area (Å²) < 4.78 is 26.8. The fraction of sp³-hybridized carbons (Fsp3) is 0.250. The number of carbonyl (C=O) groups excluding carboxylic acids is 3. The molecule has 38 heavy (non-hydrogen) atoms. The number of halogens is 2. The number of amides is 4. The third-order valence-electron chi connectivity index (χ3n) is 6.80. The lowest BCUT2D eigenvalue weighted by atomic mass is 9.98. The number of hydrogen-bond donors (Lipinski definition) is 1. The lowest BCUT2D eigenvalue weighted by Gasteiger charge is -2.54. The second-order valence-corrected chi connectivity index (χ2v) is 9.39. The van der Waals surface area contributed by atoms with Gasteiger partial charge in [-0.25, -0.2) is 23.6 Å². The van der Waals surface area contributed by atoms with E-state index < -0.39 is 18.2 Å². The van der Waals surface area contributed by atoms with Crippen LogP contribution in [0.25, 0.3) is 0 Å². The number of carbonyl (C=O) groups is 3. The Labute approximate surface area is 219 Å². The van der Waals surface area contributed by atoms with E-state index in [2.05, 4.69) is 5.32 Å². The van der Waals surface area contributed by atoms with Crippen LogP contribution in [0.5, 0.6) is 0 Å². The van der Waals surface area contributed by atoms with Crippen LogP contribution in [0.1, 0.15) is 22.7 Å². The van der Waals surface area contributed by atoms with Crippen molar-refractivity contribution in [2.75, 3.05) is 20.1 Å². The predicted molar refractivity (Wildman–Crippen MR) is 135 cm³/mol. The Morgan fingerprint density at radius 2 is 1.50 bits per heavy atom. The van der Waals surface area contributed by atoms with Crippen LogP contribution in [-0.2, 0) is 22.7 Å². The normalized spacial score (nSPS) is 19.9. The molecule has 4 amide bonds. The van der Waals surface area contributed by atoms with Gasteiger partial charge in [-0.3, -0.25) is 9.59 Å². The Kier molecular flexibility index (Phi) is 7.06. The van der Waals surface area contributed by atoms with Crippen molar-refractivity contribution in [2.24, 2.45) is 0 Å². The number of piperazine rings is 1. The van der Waals surface area contributed by atoms with E-state index in [1.807, 2.05) is 6.07 Å². The zero-order valence-electron chi connectivity index (χ0n) is 20.8. The summed E-state index contributed by atoms with van der Waals surface area (Å²) in [5.74, 6) is -1.30. The average molecular weight is 520 g/mol. The van der Waals surface area contributed by atoms with Crippen LogP contribution in [0.3, 0.4) is 0 Å². The molecule has 2 heterocycles. The number of hydrazine groups is 1. The minimum Gasteiger partial charge on any atom is -0.333 e. The molecule has 196 valence electrons. The average Bonchev–Trinajstić information content (AvgIpc) is 2.91. The predicted octanol–water partition coefficient (Wildman–Crippen LogP) is 3.28. The van der Waals surface area contributed by atoms with Gasteiger partial charge in [0.15, 0.2) is 0 Å². The SMILES string of the molecule is CN1CC(=O)N2C(CN(Cc3ccc(F)cc3)C(=O)[C@@H]2c2ccccc2)N1C(=O)NCc1ccc(F)cc1. The highest BCUT2D eigenvalue weighted by molar-refractivity contribution is 5.92. The van der Waals surface area contributed by atoms with Crippen LogP contribution in [-0.4, -0.2) is 64.0 Å². The Balaban J connectivity index is 1.46. The van der Waals surface area contributed by atoms with Crippen molar-refractivity contribution in [3.63, 3.8) is 0 Å². The monoisotopic (exact) mass is 519 g/mol. The van der Waals surface area contributed by atoms with Crippen LogP contribution in [0.2, 0.25) is 0 Å². The van der Waals surface area contributed by atoms with Crippen molar-refractivity contribution in [2.45, 2.75) is 25.3 Å². The molecule has 2 aliphatic heterocycles. The van der Waals surface area contributed by atoms with Crippen molar-refractivity contribution in [3.8, 4) is 0 Å². The Bertz CT molecular complexity index is 1320. The molecule has 0 radical (unpaired) electrons. The zero-order valence-corrected chi connectivity index (χ0v) is 20.8. The van der Waals surface area contributed by atoms with Crippen LogP contribution in [0.15, 0.2) is 78.9 Å². The number of hydrogen-bond acceptors (Lipinski definition) is 4. The third kappa shape index (κ3) is 5.08. The van der Waals surface area contributed by atoms with Gasteiger partial charge in [0.1, 0.15) is 23.8 Å². The maximum atomic E-state index is 13.8. The van der Waals surface area contributed by atoms with Gasteiger partial charge in [-0.05, 0) is 41.0 Å². The molecule has 8 nitrogen and oxygen atoms in total. The number of nitrogens with one attached hydrogen (secondary N) is 1. The second-order valence-electron chi connectivity index (χ2n) is 9.39. The molecule has 0 saturated carbocycles. The molecule has 3 aromatic rings. The van der Waals surface area contributed by atoms with Crippen molar-refractivity contribution in [1.29, 1.82) is 0 Å². The molecule has 2 atom stereocenters. The molecule has 5 rings (SSSR count). The Hall–Kier alpha value is -4.31. The van der Waals surface area contributed by atoms with E-state index >= 15 is 0 Å². The van der Waals surface area contributed by atoms with Gasteiger partial charge < -0.3 is 15.1 Å². The molecule has 2 fully saturated rings. The summed E-state index contributed by atoms with van der Waals surface area (Å²) in [6.07, 6.45) is -0.780. The van der Waals surface area contributed by atoms with E-state index in [1.54, 1.807) is 60.5 Å². The largest absolute Gasteiger partial charge is 0.334 e. The van der Waals surface area contributed by atoms with Crippen LogP contribution >= 0.6 is 0 Å². The summed E-state index contributed by atoms with van der Waals surface area (Å²) >= 11 is 0. The quantitative estimate of drug-likeness (QED) is 0.562. The summed E-state index contributed by atoms with van der Waals surface area (Å²) in [7, 11) is 1.64. The highest BCUT2D eigenvalue weighted by atomic mass is 19.1. The van der Waals surface area contributed by atoms with Gasteiger partial charge in [0.25, 0.3) is 5.91 Å². The highest BCUT2D eigenvalue weighted by Crippen LogP contribution is 2.35. The van der Waals surface area contributed by atoms with Gasteiger partial charge >= 0.3 is 6.03 Å². The molecule has 2 saturated heterocycles. The molecule has 2 aliphatic rings. The molecule has 1 N–H and O–H groups in total.